The van der Waals surface area contributed by atoms with Crippen molar-refractivity contribution in [3.05, 3.63) is 46.5 Å². The number of carbonyl (C=O) groups is 2. The molecule has 5 aliphatic rings. The predicted octanol–water partition coefficient (Wildman–Crippen LogP) is 7.09. The van der Waals surface area contributed by atoms with Crippen LogP contribution in [0.1, 0.15) is 139 Å². The Bertz CT molecular complexity index is 1220. The maximum Gasteiger partial charge on any atom is 0.317 e. The zero-order chi connectivity index (χ0) is 32.2. The third kappa shape index (κ3) is 7.85. The molecule has 1 heterocycles. The van der Waals surface area contributed by atoms with Gasteiger partial charge in [-0.3, -0.25) is 4.79 Å². The van der Waals surface area contributed by atoms with E-state index in [9.17, 15) is 19.8 Å². The van der Waals surface area contributed by atoms with E-state index in [4.69, 9.17) is 4.74 Å². The predicted molar refractivity (Wildman–Crippen MR) is 179 cm³/mol. The molecule has 5 unspecified atom stereocenters. The number of nitrogens with zero attached hydrogens (tertiary/aromatic N) is 1. The number of aliphatic hydroxyl groups is 2. The molecule has 2 amide bonds. The molecule has 7 nitrogen and oxygen atoms in total. The molecule has 0 radical (unpaired) electrons. The van der Waals surface area contributed by atoms with Gasteiger partial charge in [0, 0.05) is 36.1 Å². The first-order valence-electron chi connectivity index (χ1n) is 17.9. The van der Waals surface area contributed by atoms with E-state index in [-0.39, 0.29) is 42.3 Å². The van der Waals surface area contributed by atoms with E-state index in [2.05, 4.69) is 43.4 Å². The summed E-state index contributed by atoms with van der Waals surface area (Å²) in [5.74, 6) is 0.242. The smallest absolute Gasteiger partial charge is 0.317 e. The second-order valence-corrected chi connectivity index (χ2v) is 15.3. The van der Waals surface area contributed by atoms with Gasteiger partial charge in [0.2, 0.25) is 0 Å². The summed E-state index contributed by atoms with van der Waals surface area (Å²) >= 11 is 0. The van der Waals surface area contributed by atoms with Crippen molar-refractivity contribution in [3.63, 3.8) is 0 Å². The van der Waals surface area contributed by atoms with E-state index in [1.807, 2.05) is 13.8 Å². The highest BCUT2D eigenvalue weighted by Gasteiger charge is 2.58. The summed E-state index contributed by atoms with van der Waals surface area (Å²) in [6, 6.07) is 6.13. The summed E-state index contributed by atoms with van der Waals surface area (Å²) in [7, 11) is 0. The Kier molecular flexibility index (Phi) is 11.1. The molecule has 45 heavy (non-hydrogen) atoms. The van der Waals surface area contributed by atoms with Gasteiger partial charge < -0.3 is 25.2 Å². The van der Waals surface area contributed by atoms with Gasteiger partial charge in [-0.05, 0) is 115 Å². The summed E-state index contributed by atoms with van der Waals surface area (Å²) in [6.45, 7) is 9.67. The van der Waals surface area contributed by atoms with Crippen LogP contribution >= 0.6 is 0 Å². The van der Waals surface area contributed by atoms with E-state index in [0.29, 0.717) is 32.4 Å². The Morgan fingerprint density at radius 2 is 1.84 bits per heavy atom. The van der Waals surface area contributed by atoms with Crippen LogP contribution in [0.5, 0.6) is 0 Å². The topological polar surface area (TPSA) is 99.1 Å². The molecule has 7 heteroatoms. The van der Waals surface area contributed by atoms with Gasteiger partial charge in [-0.1, -0.05) is 50.0 Å². The summed E-state index contributed by atoms with van der Waals surface area (Å²) < 4.78 is 5.95. The van der Waals surface area contributed by atoms with Gasteiger partial charge in [-0.2, -0.15) is 0 Å². The lowest BCUT2D eigenvalue weighted by molar-refractivity contribution is -0.0808. The number of allylic oxidation sites excluding steroid dienone is 2. The molecule has 250 valence electrons. The lowest BCUT2D eigenvalue weighted by atomic mass is 9.64. The first kappa shape index (κ1) is 34.1. The Morgan fingerprint density at radius 1 is 1.07 bits per heavy atom. The lowest BCUT2D eigenvalue weighted by Crippen LogP contribution is -2.57. The van der Waals surface area contributed by atoms with Crippen LogP contribution in [0.15, 0.2) is 29.8 Å². The van der Waals surface area contributed by atoms with E-state index in [1.165, 1.54) is 12.0 Å². The molecule has 3 N–H and O–H groups in total. The van der Waals surface area contributed by atoms with Gasteiger partial charge in [0.1, 0.15) is 0 Å². The van der Waals surface area contributed by atoms with Crippen LogP contribution in [0.3, 0.4) is 0 Å². The molecule has 2 bridgehead atoms. The molecule has 0 spiro atoms. The zero-order valence-corrected chi connectivity index (χ0v) is 28.3. The number of amides is 2. The van der Waals surface area contributed by atoms with Crippen LogP contribution < -0.4 is 5.32 Å². The number of nitrogens with one attached hydrogen (secondary N) is 1. The van der Waals surface area contributed by atoms with Gasteiger partial charge in [0.25, 0.3) is 0 Å². The molecule has 2 saturated carbocycles. The van der Waals surface area contributed by atoms with E-state index >= 15 is 0 Å². The van der Waals surface area contributed by atoms with Crippen molar-refractivity contribution in [2.24, 2.45) is 11.3 Å². The largest absolute Gasteiger partial charge is 0.393 e. The van der Waals surface area contributed by atoms with E-state index in [1.54, 1.807) is 4.90 Å². The number of hydrogen-bond acceptors (Lipinski definition) is 5. The minimum Gasteiger partial charge on any atom is -0.393 e. The minimum absolute atomic E-state index is 0.0149. The fourth-order valence-electron chi connectivity index (χ4n) is 8.71. The van der Waals surface area contributed by atoms with Crippen molar-refractivity contribution in [2.75, 3.05) is 19.7 Å². The van der Waals surface area contributed by atoms with Gasteiger partial charge >= 0.3 is 6.03 Å². The van der Waals surface area contributed by atoms with Gasteiger partial charge in [-0.15, -0.1) is 0 Å². The number of fused-ring (bicyclic) bond motifs is 8. The summed E-state index contributed by atoms with van der Waals surface area (Å²) in [6.07, 6.45) is 13.8. The second kappa shape index (κ2) is 14.7. The quantitative estimate of drug-likeness (QED) is 0.223. The van der Waals surface area contributed by atoms with Crippen molar-refractivity contribution in [3.8, 4) is 0 Å². The highest BCUT2D eigenvalue weighted by atomic mass is 16.5. The summed E-state index contributed by atoms with van der Waals surface area (Å²) in [5.41, 5.74) is 2.40. The molecule has 3 fully saturated rings. The van der Waals surface area contributed by atoms with Gasteiger partial charge in [0.05, 0.1) is 24.4 Å². The highest BCUT2D eigenvalue weighted by Crippen LogP contribution is 2.59. The summed E-state index contributed by atoms with van der Waals surface area (Å²) in [4.78, 5) is 29.7. The number of ketones is 1. The Morgan fingerprint density at radius 3 is 2.56 bits per heavy atom. The Hall–Kier alpha value is -2.22. The zero-order valence-electron chi connectivity index (χ0n) is 28.3. The molecule has 6 rings (SSSR count). The summed E-state index contributed by atoms with van der Waals surface area (Å²) in [5, 5.41) is 26.8. The number of aliphatic hydroxyl groups excluding tert-OH is 1. The fraction of sp³-hybridized carbons (Fsp3) is 0.737. The second-order valence-electron chi connectivity index (χ2n) is 15.3. The van der Waals surface area contributed by atoms with E-state index in [0.717, 1.165) is 80.9 Å². The number of rotatable bonds is 7. The average molecular weight is 623 g/mol. The standard InChI is InChI=1S/C38H58N2O5/c1-26(2)39-36(43)40(24-31-13-9-21-45-31)25-38(44)20-18-34-32-17-15-28(23-33(32)35(42)29-11-6-5-7-12-29)22-30(41)16-14-27(3)10-8-19-37(34,38)4/h10,15,17,23,26,29-31,34,41,44H,5-9,11-14,16,18-22,24-25H2,1-4H3,(H,39,43). The van der Waals surface area contributed by atoms with Gasteiger partial charge in [0.15, 0.2) is 5.78 Å². The average Bonchev–Trinajstić information content (AvgIpc) is 3.61. The van der Waals surface area contributed by atoms with Gasteiger partial charge in [-0.25, -0.2) is 4.79 Å². The SMILES string of the molecule is CC1=CCCC2(C)C(CCC2(O)CN(CC2CCCO2)C(=O)NC(C)C)c2ccc(cc2C(=O)C2CCCCC2)CC(O)CC1. The number of benzene rings is 1. The van der Waals surface area contributed by atoms with Crippen LogP contribution in [-0.4, -0.2) is 70.5 Å². The number of urea groups is 1. The molecule has 1 aromatic rings. The first-order chi connectivity index (χ1) is 21.5. The number of ether oxygens (including phenoxy) is 1. The molecule has 1 saturated heterocycles. The first-order valence-corrected chi connectivity index (χ1v) is 17.9. The number of Topliss-reactive ketones (excluding diaryl/α,β-unsaturated/α-hetero) is 1. The number of carbonyl (C=O) groups excluding carboxylic acids is 2. The van der Waals surface area contributed by atoms with Crippen molar-refractivity contribution in [2.45, 2.75) is 147 Å². The lowest BCUT2D eigenvalue weighted by Gasteiger charge is -2.46. The van der Waals surface area contributed by atoms with Crippen molar-refractivity contribution in [1.29, 1.82) is 0 Å². The van der Waals surface area contributed by atoms with Crippen molar-refractivity contribution < 1.29 is 24.5 Å². The Balaban J connectivity index is 1.54. The third-order valence-corrected chi connectivity index (χ3v) is 11.5. The maximum atomic E-state index is 14.3. The number of hydrogen-bond donors (Lipinski definition) is 3. The molecule has 1 aromatic carbocycles. The molecular formula is C38H58N2O5. The third-order valence-electron chi connectivity index (χ3n) is 11.5. The van der Waals surface area contributed by atoms with Crippen LogP contribution in [0.25, 0.3) is 0 Å². The molecule has 4 aliphatic carbocycles. The van der Waals surface area contributed by atoms with Crippen LogP contribution in [0.2, 0.25) is 0 Å². The highest BCUT2D eigenvalue weighted by molar-refractivity contribution is 5.99. The molecular weight excluding hydrogens is 564 g/mol. The van der Waals surface area contributed by atoms with Crippen molar-refractivity contribution in [1.82, 2.24) is 10.2 Å². The van der Waals surface area contributed by atoms with Crippen LogP contribution in [-0.2, 0) is 11.2 Å². The van der Waals surface area contributed by atoms with E-state index < -0.39 is 17.1 Å². The normalized spacial score (nSPS) is 31.4. The molecule has 1 aliphatic heterocycles. The fourth-order valence-corrected chi connectivity index (χ4v) is 8.71. The maximum absolute atomic E-state index is 14.3. The van der Waals surface area contributed by atoms with Crippen LogP contribution in [0.4, 0.5) is 4.79 Å². The monoisotopic (exact) mass is 622 g/mol. The molecule has 5 atom stereocenters. The van der Waals surface area contributed by atoms with Crippen LogP contribution in [0, 0.1) is 11.3 Å². The Labute approximate surface area is 271 Å². The minimum atomic E-state index is -1.14. The molecule has 0 aromatic heterocycles. The van der Waals surface area contributed by atoms with Crippen molar-refractivity contribution >= 4 is 11.8 Å².